The van der Waals surface area contributed by atoms with E-state index in [1.807, 2.05) is 32.0 Å². The number of rotatable bonds is 7. The molecule has 0 fully saturated rings. The van der Waals surface area contributed by atoms with Crippen molar-refractivity contribution in [1.82, 2.24) is 0 Å². The monoisotopic (exact) mass is 330 g/mol. The summed E-state index contributed by atoms with van der Waals surface area (Å²) in [5, 5.41) is 9.53. The Morgan fingerprint density at radius 3 is 2.21 bits per heavy atom. The molecule has 0 radical (unpaired) electrons. The van der Waals surface area contributed by atoms with E-state index < -0.39 is 12.1 Å². The Hall–Kier alpha value is -2.69. The molecule has 2 aromatic rings. The van der Waals surface area contributed by atoms with E-state index in [4.69, 9.17) is 14.2 Å². The molecule has 1 N–H and O–H groups in total. The van der Waals surface area contributed by atoms with E-state index in [9.17, 15) is 9.90 Å². The van der Waals surface area contributed by atoms with Crippen LogP contribution in [0.25, 0.3) is 0 Å². The summed E-state index contributed by atoms with van der Waals surface area (Å²) in [6.45, 7) is 3.89. The second-order valence-electron chi connectivity index (χ2n) is 5.65. The predicted octanol–water partition coefficient (Wildman–Crippen LogP) is 3.40. The van der Waals surface area contributed by atoms with Gasteiger partial charge in [-0.05, 0) is 55.3 Å². The third-order valence-corrected chi connectivity index (χ3v) is 3.64. The van der Waals surface area contributed by atoms with Gasteiger partial charge in [0.2, 0.25) is 0 Å². The summed E-state index contributed by atoms with van der Waals surface area (Å²) in [5.41, 5.74) is 2.76. The Morgan fingerprint density at radius 1 is 1.00 bits per heavy atom. The van der Waals surface area contributed by atoms with Crippen molar-refractivity contribution >= 4 is 5.97 Å². The number of ether oxygens (including phenoxy) is 3. The van der Waals surface area contributed by atoms with Crippen LogP contribution in [0.3, 0.4) is 0 Å². The van der Waals surface area contributed by atoms with E-state index in [0.29, 0.717) is 22.8 Å². The molecule has 0 saturated carbocycles. The molecule has 0 unspecified atom stereocenters. The number of aryl methyl sites for hydroxylation is 2. The van der Waals surface area contributed by atoms with Crippen molar-refractivity contribution < 1.29 is 24.1 Å². The van der Waals surface area contributed by atoms with Crippen LogP contribution >= 0.6 is 0 Å². The summed E-state index contributed by atoms with van der Waals surface area (Å²) < 4.78 is 16.2. The van der Waals surface area contributed by atoms with Crippen LogP contribution in [0.2, 0.25) is 0 Å². The minimum atomic E-state index is -1.03. The summed E-state index contributed by atoms with van der Waals surface area (Å²) in [5.74, 6) is 0.758. The van der Waals surface area contributed by atoms with Crippen LogP contribution in [0.15, 0.2) is 36.4 Å². The molecule has 5 nitrogen and oxygen atoms in total. The highest BCUT2D eigenvalue weighted by molar-refractivity contribution is 5.73. The fourth-order valence-corrected chi connectivity index (χ4v) is 2.59. The van der Waals surface area contributed by atoms with Gasteiger partial charge < -0.3 is 19.3 Å². The minimum absolute atomic E-state index is 0.169. The standard InChI is InChI=1S/C19H22O5/c1-12-7-13(2)9-16(8-12)24-18(19(20)21)11-14-10-15(22-3)5-6-17(14)23-4/h5-10,18H,11H2,1-4H3,(H,20,21)/t18-/m1/s1. The third kappa shape index (κ3) is 4.41. The van der Waals surface area contributed by atoms with Crippen LogP contribution in [-0.2, 0) is 11.2 Å². The van der Waals surface area contributed by atoms with E-state index in [-0.39, 0.29) is 6.42 Å². The minimum Gasteiger partial charge on any atom is -0.497 e. The Bertz CT molecular complexity index is 703. The van der Waals surface area contributed by atoms with Gasteiger partial charge in [-0.2, -0.15) is 0 Å². The van der Waals surface area contributed by atoms with Gasteiger partial charge in [0.25, 0.3) is 0 Å². The van der Waals surface area contributed by atoms with Gasteiger partial charge in [0.05, 0.1) is 14.2 Å². The summed E-state index contributed by atoms with van der Waals surface area (Å²) in [4.78, 5) is 11.6. The Morgan fingerprint density at radius 2 is 1.67 bits per heavy atom. The lowest BCUT2D eigenvalue weighted by molar-refractivity contribution is -0.145. The van der Waals surface area contributed by atoms with Crippen molar-refractivity contribution in [3.8, 4) is 17.2 Å². The first-order valence-electron chi connectivity index (χ1n) is 7.61. The van der Waals surface area contributed by atoms with Crippen LogP contribution < -0.4 is 14.2 Å². The lowest BCUT2D eigenvalue weighted by Gasteiger charge is -2.18. The number of methoxy groups -OCH3 is 2. The molecule has 0 aromatic heterocycles. The van der Waals surface area contributed by atoms with E-state index >= 15 is 0 Å². The third-order valence-electron chi connectivity index (χ3n) is 3.64. The van der Waals surface area contributed by atoms with Gasteiger partial charge in [-0.15, -0.1) is 0 Å². The highest BCUT2D eigenvalue weighted by Crippen LogP contribution is 2.27. The van der Waals surface area contributed by atoms with Gasteiger partial charge in [-0.3, -0.25) is 0 Å². The summed E-state index contributed by atoms with van der Waals surface area (Å²) in [7, 11) is 3.11. The van der Waals surface area contributed by atoms with Crippen molar-refractivity contribution in [2.45, 2.75) is 26.4 Å². The lowest BCUT2D eigenvalue weighted by atomic mass is 10.1. The number of carbonyl (C=O) groups is 1. The SMILES string of the molecule is COc1ccc(OC)c(C[C@@H](Oc2cc(C)cc(C)c2)C(=O)O)c1. The average molecular weight is 330 g/mol. The van der Waals surface area contributed by atoms with Crippen LogP contribution in [-0.4, -0.2) is 31.4 Å². The number of hydrogen-bond donors (Lipinski definition) is 1. The molecule has 0 aliphatic carbocycles. The molecule has 24 heavy (non-hydrogen) atoms. The Balaban J connectivity index is 2.27. The van der Waals surface area contributed by atoms with Crippen molar-refractivity contribution in [3.05, 3.63) is 53.1 Å². The maximum Gasteiger partial charge on any atom is 0.345 e. The summed E-state index contributed by atoms with van der Waals surface area (Å²) in [6.07, 6.45) is -0.852. The fraction of sp³-hybridized carbons (Fsp3) is 0.316. The van der Waals surface area contributed by atoms with Gasteiger partial charge in [-0.1, -0.05) is 6.07 Å². The van der Waals surface area contributed by atoms with E-state index in [1.54, 1.807) is 32.4 Å². The zero-order chi connectivity index (χ0) is 17.7. The first-order chi connectivity index (χ1) is 11.4. The Labute approximate surface area is 141 Å². The zero-order valence-corrected chi connectivity index (χ0v) is 14.3. The average Bonchev–Trinajstić information content (AvgIpc) is 2.53. The molecular weight excluding hydrogens is 308 g/mol. The van der Waals surface area contributed by atoms with E-state index in [1.165, 1.54) is 0 Å². The summed E-state index contributed by atoms with van der Waals surface area (Å²) in [6, 6.07) is 10.9. The molecule has 0 spiro atoms. The van der Waals surface area contributed by atoms with Crippen LogP contribution in [0.1, 0.15) is 16.7 Å². The summed E-state index contributed by atoms with van der Waals surface area (Å²) >= 11 is 0. The highest BCUT2D eigenvalue weighted by atomic mass is 16.5. The number of carboxylic acids is 1. The zero-order valence-electron chi connectivity index (χ0n) is 14.3. The number of aliphatic carboxylic acids is 1. The van der Waals surface area contributed by atoms with Crippen molar-refractivity contribution in [2.75, 3.05) is 14.2 Å². The molecule has 0 heterocycles. The predicted molar refractivity (Wildman–Crippen MR) is 91.2 cm³/mol. The van der Waals surface area contributed by atoms with Gasteiger partial charge >= 0.3 is 5.97 Å². The largest absolute Gasteiger partial charge is 0.497 e. The second kappa shape index (κ2) is 7.73. The molecular formula is C19H22O5. The Kier molecular flexibility index (Phi) is 5.68. The number of hydrogen-bond acceptors (Lipinski definition) is 4. The number of carboxylic acid groups (broad SMARTS) is 1. The molecule has 0 amide bonds. The number of benzene rings is 2. The topological polar surface area (TPSA) is 65.0 Å². The molecule has 0 saturated heterocycles. The molecule has 0 aliphatic heterocycles. The van der Waals surface area contributed by atoms with E-state index in [2.05, 4.69) is 0 Å². The quantitative estimate of drug-likeness (QED) is 0.843. The smallest absolute Gasteiger partial charge is 0.345 e. The van der Waals surface area contributed by atoms with Gasteiger partial charge in [0.15, 0.2) is 6.10 Å². The van der Waals surface area contributed by atoms with Gasteiger partial charge in [0, 0.05) is 12.0 Å². The van der Waals surface area contributed by atoms with Crippen molar-refractivity contribution in [1.29, 1.82) is 0 Å². The van der Waals surface area contributed by atoms with Crippen molar-refractivity contribution in [3.63, 3.8) is 0 Å². The van der Waals surface area contributed by atoms with Gasteiger partial charge in [0.1, 0.15) is 17.2 Å². The van der Waals surface area contributed by atoms with Crippen molar-refractivity contribution in [2.24, 2.45) is 0 Å². The maximum atomic E-state index is 11.6. The van der Waals surface area contributed by atoms with Crippen LogP contribution in [0.5, 0.6) is 17.2 Å². The second-order valence-corrected chi connectivity index (χ2v) is 5.65. The normalized spacial score (nSPS) is 11.7. The highest BCUT2D eigenvalue weighted by Gasteiger charge is 2.22. The maximum absolute atomic E-state index is 11.6. The van der Waals surface area contributed by atoms with Crippen LogP contribution in [0.4, 0.5) is 0 Å². The molecule has 2 rings (SSSR count). The first-order valence-corrected chi connectivity index (χ1v) is 7.61. The van der Waals surface area contributed by atoms with Crippen LogP contribution in [0, 0.1) is 13.8 Å². The molecule has 0 bridgehead atoms. The molecule has 1 atom stereocenters. The molecule has 128 valence electrons. The molecule has 5 heteroatoms. The molecule has 0 aliphatic rings. The fourth-order valence-electron chi connectivity index (χ4n) is 2.59. The molecule has 2 aromatic carbocycles. The van der Waals surface area contributed by atoms with E-state index in [0.717, 1.165) is 11.1 Å². The van der Waals surface area contributed by atoms with Gasteiger partial charge in [-0.25, -0.2) is 4.79 Å². The first kappa shape index (κ1) is 17.7. The lowest BCUT2D eigenvalue weighted by Crippen LogP contribution is -2.29.